The van der Waals surface area contributed by atoms with Crippen molar-refractivity contribution in [2.24, 2.45) is 0 Å². The lowest BCUT2D eigenvalue weighted by Gasteiger charge is -2.16. The van der Waals surface area contributed by atoms with Crippen molar-refractivity contribution in [3.05, 3.63) is 64.7 Å². The molecule has 2 aromatic carbocycles. The van der Waals surface area contributed by atoms with Crippen molar-refractivity contribution in [1.82, 2.24) is 4.72 Å². The number of aryl methyl sites for hydroxylation is 1. The number of carbonyl (C=O) groups excluding carboxylic acids is 1. The molecule has 0 aliphatic heterocycles. The number of nitrogens with one attached hydrogen (secondary N) is 1. The summed E-state index contributed by atoms with van der Waals surface area (Å²) in [6, 6.07) is 13.1. The molecule has 1 atom stereocenters. The van der Waals surface area contributed by atoms with Gasteiger partial charge in [0.1, 0.15) is 0 Å². The number of rotatable bonds is 6. The van der Waals surface area contributed by atoms with Crippen molar-refractivity contribution < 1.29 is 17.9 Å². The maximum absolute atomic E-state index is 12.4. The number of hydrogen-bond donors (Lipinski definition) is 1. The third-order valence-electron chi connectivity index (χ3n) is 3.57. The SMILES string of the molecule is COC(=O)[C@@H](CNS(=O)(=O)c1ccc(C)cc1)c1ccc(Cl)cc1. The fourth-order valence-corrected chi connectivity index (χ4v) is 3.34. The van der Waals surface area contributed by atoms with Crippen LogP contribution in [0.15, 0.2) is 53.4 Å². The molecular weight excluding hydrogens is 350 g/mol. The second kappa shape index (κ2) is 7.79. The molecule has 1 N–H and O–H groups in total. The molecule has 0 aliphatic carbocycles. The molecule has 0 saturated heterocycles. The smallest absolute Gasteiger partial charge is 0.314 e. The van der Waals surface area contributed by atoms with E-state index in [1.807, 2.05) is 6.92 Å². The number of ether oxygens (including phenoxy) is 1. The number of sulfonamides is 1. The van der Waals surface area contributed by atoms with Gasteiger partial charge in [-0.25, -0.2) is 13.1 Å². The Labute approximate surface area is 146 Å². The van der Waals surface area contributed by atoms with Crippen LogP contribution in [-0.4, -0.2) is 28.0 Å². The van der Waals surface area contributed by atoms with Crippen molar-refractivity contribution in [2.75, 3.05) is 13.7 Å². The molecule has 0 saturated carbocycles. The first-order valence-electron chi connectivity index (χ1n) is 7.23. The van der Waals surface area contributed by atoms with Crippen molar-refractivity contribution in [1.29, 1.82) is 0 Å². The minimum atomic E-state index is -3.71. The molecule has 0 fully saturated rings. The van der Waals surface area contributed by atoms with Gasteiger partial charge in [0.15, 0.2) is 0 Å². The van der Waals surface area contributed by atoms with E-state index in [2.05, 4.69) is 4.72 Å². The number of esters is 1. The number of hydrogen-bond acceptors (Lipinski definition) is 4. The van der Waals surface area contributed by atoms with E-state index in [-0.39, 0.29) is 11.4 Å². The highest BCUT2D eigenvalue weighted by Crippen LogP contribution is 2.20. The van der Waals surface area contributed by atoms with Crippen LogP contribution in [0.4, 0.5) is 0 Å². The van der Waals surface area contributed by atoms with Crippen LogP contribution in [0, 0.1) is 6.92 Å². The van der Waals surface area contributed by atoms with E-state index >= 15 is 0 Å². The molecule has 7 heteroatoms. The van der Waals surface area contributed by atoms with Crippen LogP contribution >= 0.6 is 11.6 Å². The quantitative estimate of drug-likeness (QED) is 0.797. The monoisotopic (exact) mass is 367 g/mol. The maximum atomic E-state index is 12.4. The summed E-state index contributed by atoms with van der Waals surface area (Å²) in [7, 11) is -2.45. The average Bonchev–Trinajstić information content (AvgIpc) is 2.56. The van der Waals surface area contributed by atoms with Crippen LogP contribution in [0.3, 0.4) is 0 Å². The van der Waals surface area contributed by atoms with Gasteiger partial charge in [-0.05, 0) is 36.8 Å². The van der Waals surface area contributed by atoms with E-state index in [1.54, 1.807) is 36.4 Å². The van der Waals surface area contributed by atoms with E-state index in [0.29, 0.717) is 10.6 Å². The molecule has 0 spiro atoms. The Morgan fingerprint density at radius 1 is 1.12 bits per heavy atom. The molecule has 0 amide bonds. The molecule has 24 heavy (non-hydrogen) atoms. The largest absolute Gasteiger partial charge is 0.469 e. The van der Waals surface area contributed by atoms with Crippen LogP contribution in [0.25, 0.3) is 0 Å². The topological polar surface area (TPSA) is 72.5 Å². The van der Waals surface area contributed by atoms with Gasteiger partial charge in [-0.3, -0.25) is 4.79 Å². The zero-order chi connectivity index (χ0) is 17.7. The maximum Gasteiger partial charge on any atom is 0.314 e. The van der Waals surface area contributed by atoms with Crippen molar-refractivity contribution in [3.8, 4) is 0 Å². The standard InChI is InChI=1S/C17H18ClNO4S/c1-12-3-9-15(10-4-12)24(21,22)19-11-16(17(20)23-2)13-5-7-14(18)8-6-13/h3-10,16,19H,11H2,1-2H3/t16-/m0/s1. The van der Waals surface area contributed by atoms with E-state index in [9.17, 15) is 13.2 Å². The Kier molecular flexibility index (Phi) is 5.99. The van der Waals surface area contributed by atoms with Gasteiger partial charge in [-0.15, -0.1) is 0 Å². The average molecular weight is 368 g/mol. The number of carbonyl (C=O) groups is 1. The highest BCUT2D eigenvalue weighted by molar-refractivity contribution is 7.89. The van der Waals surface area contributed by atoms with Gasteiger partial charge in [0.05, 0.1) is 17.9 Å². The van der Waals surface area contributed by atoms with Gasteiger partial charge >= 0.3 is 5.97 Å². The van der Waals surface area contributed by atoms with Gasteiger partial charge in [0.2, 0.25) is 10.0 Å². The first kappa shape index (κ1) is 18.4. The molecule has 0 radical (unpaired) electrons. The minimum Gasteiger partial charge on any atom is -0.469 e. The zero-order valence-electron chi connectivity index (χ0n) is 13.3. The second-order valence-electron chi connectivity index (χ2n) is 5.29. The van der Waals surface area contributed by atoms with Gasteiger partial charge < -0.3 is 4.74 Å². The molecule has 2 aromatic rings. The Hall–Kier alpha value is -1.89. The van der Waals surface area contributed by atoms with E-state index < -0.39 is 21.9 Å². The molecule has 0 unspecified atom stereocenters. The number of benzene rings is 2. The van der Waals surface area contributed by atoms with Gasteiger partial charge in [-0.2, -0.15) is 0 Å². The van der Waals surface area contributed by atoms with Crippen LogP contribution < -0.4 is 4.72 Å². The lowest BCUT2D eigenvalue weighted by Crippen LogP contribution is -2.32. The third-order valence-corrected chi connectivity index (χ3v) is 5.26. The number of methoxy groups -OCH3 is 1. The molecule has 0 bridgehead atoms. The summed E-state index contributed by atoms with van der Waals surface area (Å²) < 4.78 is 32.0. The summed E-state index contributed by atoms with van der Waals surface area (Å²) in [6.07, 6.45) is 0. The van der Waals surface area contributed by atoms with Crippen LogP contribution in [-0.2, 0) is 19.6 Å². The molecule has 2 rings (SSSR count). The van der Waals surface area contributed by atoms with Crippen LogP contribution in [0.5, 0.6) is 0 Å². The molecule has 0 heterocycles. The Balaban J connectivity index is 2.19. The lowest BCUT2D eigenvalue weighted by molar-refractivity contribution is -0.142. The van der Waals surface area contributed by atoms with Crippen LogP contribution in [0.1, 0.15) is 17.0 Å². The Morgan fingerprint density at radius 2 is 1.71 bits per heavy atom. The normalized spacial score (nSPS) is 12.6. The zero-order valence-corrected chi connectivity index (χ0v) is 14.9. The van der Waals surface area contributed by atoms with Crippen molar-refractivity contribution in [2.45, 2.75) is 17.7 Å². The highest BCUT2D eigenvalue weighted by Gasteiger charge is 2.24. The predicted molar refractivity (Wildman–Crippen MR) is 92.6 cm³/mol. The van der Waals surface area contributed by atoms with E-state index in [4.69, 9.17) is 16.3 Å². The highest BCUT2D eigenvalue weighted by atomic mass is 35.5. The van der Waals surface area contributed by atoms with Gasteiger partial charge in [-0.1, -0.05) is 41.4 Å². The second-order valence-corrected chi connectivity index (χ2v) is 7.50. The summed E-state index contributed by atoms with van der Waals surface area (Å²) >= 11 is 5.84. The van der Waals surface area contributed by atoms with Gasteiger partial charge in [0.25, 0.3) is 0 Å². The summed E-state index contributed by atoms with van der Waals surface area (Å²) in [5.74, 6) is -1.28. The summed E-state index contributed by atoms with van der Waals surface area (Å²) in [6.45, 7) is 1.77. The van der Waals surface area contributed by atoms with Crippen LogP contribution in [0.2, 0.25) is 5.02 Å². The van der Waals surface area contributed by atoms with E-state index in [1.165, 1.54) is 19.2 Å². The van der Waals surface area contributed by atoms with Gasteiger partial charge in [0, 0.05) is 11.6 Å². The van der Waals surface area contributed by atoms with Crippen molar-refractivity contribution >= 4 is 27.6 Å². The lowest BCUT2D eigenvalue weighted by atomic mass is 10.00. The Morgan fingerprint density at radius 3 is 2.25 bits per heavy atom. The first-order chi connectivity index (χ1) is 11.3. The third kappa shape index (κ3) is 4.56. The fraction of sp³-hybridized carbons (Fsp3) is 0.235. The summed E-state index contributed by atoms with van der Waals surface area (Å²) in [5, 5.41) is 0.530. The first-order valence-corrected chi connectivity index (χ1v) is 9.09. The summed E-state index contributed by atoms with van der Waals surface area (Å²) in [5.41, 5.74) is 1.58. The van der Waals surface area contributed by atoms with Crippen molar-refractivity contribution in [3.63, 3.8) is 0 Å². The molecule has 128 valence electrons. The fourth-order valence-electron chi connectivity index (χ4n) is 2.17. The predicted octanol–water partition coefficient (Wildman–Crippen LogP) is 2.88. The number of halogens is 1. The molecule has 0 aliphatic rings. The molecular formula is C17H18ClNO4S. The summed E-state index contributed by atoms with van der Waals surface area (Å²) in [4.78, 5) is 12.2. The molecule has 0 aromatic heterocycles. The van der Waals surface area contributed by atoms with E-state index in [0.717, 1.165) is 5.56 Å². The molecule has 5 nitrogen and oxygen atoms in total. The Bertz CT molecular complexity index is 801. The minimum absolute atomic E-state index is 0.107.